The first-order chi connectivity index (χ1) is 9.79. The lowest BCUT2D eigenvalue weighted by Gasteiger charge is -2.21. The standard InChI is InChI=1S/C15H18N2O2S/c18-6-3-4-12-8-13(10-16-9-12)15(19)17-11-14-5-1-2-7-20-14/h8-10,14,18H,1-2,5-7,11H2,(H,17,19). The minimum atomic E-state index is -0.199. The Morgan fingerprint density at radius 3 is 3.15 bits per heavy atom. The Hall–Kier alpha value is -1.51. The van der Waals surface area contributed by atoms with Gasteiger partial charge in [-0.25, -0.2) is 0 Å². The zero-order chi connectivity index (χ0) is 14.2. The maximum atomic E-state index is 12.1. The van der Waals surface area contributed by atoms with Gasteiger partial charge in [-0.05, 0) is 24.7 Å². The van der Waals surface area contributed by atoms with Gasteiger partial charge in [-0.1, -0.05) is 18.3 Å². The van der Waals surface area contributed by atoms with Crippen molar-refractivity contribution >= 4 is 17.7 Å². The monoisotopic (exact) mass is 290 g/mol. The zero-order valence-electron chi connectivity index (χ0n) is 11.3. The summed E-state index contributed by atoms with van der Waals surface area (Å²) in [6.07, 6.45) is 6.82. The molecule has 2 heterocycles. The van der Waals surface area contributed by atoms with Gasteiger partial charge in [-0.15, -0.1) is 0 Å². The third-order valence-corrected chi connectivity index (χ3v) is 4.47. The number of rotatable bonds is 3. The molecule has 0 aromatic carbocycles. The smallest absolute Gasteiger partial charge is 0.252 e. The highest BCUT2D eigenvalue weighted by molar-refractivity contribution is 7.99. The number of carbonyl (C=O) groups is 1. The fourth-order valence-corrected chi connectivity index (χ4v) is 3.29. The van der Waals surface area contributed by atoms with E-state index in [-0.39, 0.29) is 12.5 Å². The van der Waals surface area contributed by atoms with E-state index >= 15 is 0 Å². The van der Waals surface area contributed by atoms with E-state index in [9.17, 15) is 4.79 Å². The lowest BCUT2D eigenvalue weighted by molar-refractivity contribution is 0.0953. The number of pyridine rings is 1. The van der Waals surface area contributed by atoms with Gasteiger partial charge in [0.05, 0.1) is 5.56 Å². The molecule has 1 aromatic heterocycles. The lowest BCUT2D eigenvalue weighted by atomic mass is 10.1. The molecule has 1 atom stereocenters. The van der Waals surface area contributed by atoms with Gasteiger partial charge in [0.15, 0.2) is 0 Å². The average molecular weight is 290 g/mol. The molecule has 20 heavy (non-hydrogen) atoms. The number of carbonyl (C=O) groups excluding carboxylic acids is 1. The number of amides is 1. The summed E-state index contributed by atoms with van der Waals surface area (Å²) >= 11 is 1.93. The molecular formula is C15H18N2O2S. The number of aromatic nitrogens is 1. The van der Waals surface area contributed by atoms with Crippen LogP contribution in [0.15, 0.2) is 18.5 Å². The Balaban J connectivity index is 1.91. The van der Waals surface area contributed by atoms with Gasteiger partial charge in [-0.2, -0.15) is 11.8 Å². The van der Waals surface area contributed by atoms with Crippen LogP contribution in [0.4, 0.5) is 0 Å². The summed E-state index contributed by atoms with van der Waals surface area (Å²) in [7, 11) is 0. The van der Waals surface area contributed by atoms with Gasteiger partial charge in [0, 0.05) is 29.8 Å². The van der Waals surface area contributed by atoms with Crippen LogP contribution in [0.5, 0.6) is 0 Å². The Bertz CT molecular complexity index is 516. The molecule has 0 bridgehead atoms. The zero-order valence-corrected chi connectivity index (χ0v) is 12.1. The van der Waals surface area contributed by atoms with E-state index < -0.39 is 0 Å². The van der Waals surface area contributed by atoms with E-state index in [1.54, 1.807) is 12.3 Å². The summed E-state index contributed by atoms with van der Waals surface area (Å²) in [5.41, 5.74) is 1.15. The second kappa shape index (κ2) is 7.93. The van der Waals surface area contributed by atoms with Gasteiger partial charge >= 0.3 is 0 Å². The molecule has 4 nitrogen and oxygen atoms in total. The Morgan fingerprint density at radius 1 is 1.50 bits per heavy atom. The van der Waals surface area contributed by atoms with Crippen molar-refractivity contribution in [3.63, 3.8) is 0 Å². The van der Waals surface area contributed by atoms with Crippen molar-refractivity contribution in [1.29, 1.82) is 0 Å². The molecule has 2 rings (SSSR count). The number of thioether (sulfide) groups is 1. The van der Waals surface area contributed by atoms with Crippen molar-refractivity contribution in [3.05, 3.63) is 29.6 Å². The number of nitrogens with zero attached hydrogens (tertiary/aromatic N) is 1. The first-order valence-electron chi connectivity index (χ1n) is 6.74. The van der Waals surface area contributed by atoms with Crippen molar-refractivity contribution in [2.45, 2.75) is 24.5 Å². The fraction of sp³-hybridized carbons (Fsp3) is 0.467. The van der Waals surface area contributed by atoms with E-state index in [2.05, 4.69) is 22.1 Å². The van der Waals surface area contributed by atoms with Crippen molar-refractivity contribution in [1.82, 2.24) is 10.3 Å². The summed E-state index contributed by atoms with van der Waals surface area (Å²) in [6.45, 7) is 0.505. The van der Waals surface area contributed by atoms with Crippen LogP contribution < -0.4 is 5.32 Å². The van der Waals surface area contributed by atoms with E-state index in [4.69, 9.17) is 5.11 Å². The Labute approximate surface area is 123 Å². The molecule has 1 aliphatic rings. The molecular weight excluding hydrogens is 272 g/mol. The van der Waals surface area contributed by atoms with Gasteiger partial charge in [0.1, 0.15) is 6.61 Å². The number of aliphatic hydroxyl groups is 1. The highest BCUT2D eigenvalue weighted by atomic mass is 32.2. The number of hydrogen-bond acceptors (Lipinski definition) is 4. The number of nitrogens with one attached hydrogen (secondary N) is 1. The van der Waals surface area contributed by atoms with E-state index in [1.807, 2.05) is 11.8 Å². The van der Waals surface area contributed by atoms with E-state index in [0.29, 0.717) is 22.9 Å². The van der Waals surface area contributed by atoms with Crippen LogP contribution in [0.1, 0.15) is 35.2 Å². The van der Waals surface area contributed by atoms with Crippen molar-refractivity contribution in [3.8, 4) is 11.8 Å². The van der Waals surface area contributed by atoms with Crippen molar-refractivity contribution in [2.24, 2.45) is 0 Å². The molecule has 1 fully saturated rings. The van der Waals surface area contributed by atoms with Gasteiger partial charge in [0.25, 0.3) is 5.91 Å². The molecule has 0 spiro atoms. The maximum absolute atomic E-state index is 12.1. The van der Waals surface area contributed by atoms with Crippen LogP contribution >= 0.6 is 11.8 Å². The van der Waals surface area contributed by atoms with E-state index in [1.165, 1.54) is 31.2 Å². The molecule has 106 valence electrons. The molecule has 0 radical (unpaired) electrons. The minimum Gasteiger partial charge on any atom is -0.384 e. The highest BCUT2D eigenvalue weighted by Gasteiger charge is 2.15. The Morgan fingerprint density at radius 2 is 2.40 bits per heavy atom. The second-order valence-electron chi connectivity index (χ2n) is 4.62. The number of aliphatic hydroxyl groups excluding tert-OH is 1. The third-order valence-electron chi connectivity index (χ3n) is 3.08. The van der Waals surface area contributed by atoms with Crippen molar-refractivity contribution < 1.29 is 9.90 Å². The van der Waals surface area contributed by atoms with Crippen LogP contribution in [-0.2, 0) is 0 Å². The molecule has 1 amide bonds. The predicted molar refractivity (Wildman–Crippen MR) is 80.6 cm³/mol. The van der Waals surface area contributed by atoms with Gasteiger partial charge in [0.2, 0.25) is 0 Å². The summed E-state index contributed by atoms with van der Waals surface area (Å²) in [6, 6.07) is 1.69. The molecule has 2 N–H and O–H groups in total. The van der Waals surface area contributed by atoms with Crippen LogP contribution in [0, 0.1) is 11.8 Å². The third kappa shape index (κ3) is 4.55. The first-order valence-corrected chi connectivity index (χ1v) is 7.79. The topological polar surface area (TPSA) is 62.2 Å². The largest absolute Gasteiger partial charge is 0.384 e. The SMILES string of the molecule is O=C(NCC1CCCCS1)c1cncc(C#CCO)c1. The van der Waals surface area contributed by atoms with Crippen LogP contribution in [0.25, 0.3) is 0 Å². The molecule has 1 saturated heterocycles. The number of hydrogen-bond donors (Lipinski definition) is 2. The predicted octanol–water partition coefficient (Wildman–Crippen LogP) is 1.44. The quantitative estimate of drug-likeness (QED) is 0.827. The fourth-order valence-electron chi connectivity index (χ4n) is 2.05. The second-order valence-corrected chi connectivity index (χ2v) is 6.03. The van der Waals surface area contributed by atoms with Crippen LogP contribution in [0.3, 0.4) is 0 Å². The normalized spacial score (nSPS) is 17.9. The minimum absolute atomic E-state index is 0.115. The summed E-state index contributed by atoms with van der Waals surface area (Å²) in [5, 5.41) is 12.1. The van der Waals surface area contributed by atoms with Crippen molar-refractivity contribution in [2.75, 3.05) is 18.9 Å². The molecule has 1 aromatic rings. The highest BCUT2D eigenvalue weighted by Crippen LogP contribution is 2.24. The molecule has 0 saturated carbocycles. The summed E-state index contributed by atoms with van der Waals surface area (Å²) < 4.78 is 0. The van der Waals surface area contributed by atoms with E-state index in [0.717, 1.165) is 0 Å². The first kappa shape index (κ1) is 14.9. The molecule has 1 unspecified atom stereocenters. The maximum Gasteiger partial charge on any atom is 0.252 e. The molecule has 1 aliphatic heterocycles. The van der Waals surface area contributed by atoms with Crippen LogP contribution in [-0.4, -0.2) is 40.2 Å². The van der Waals surface area contributed by atoms with Gasteiger partial charge in [-0.3, -0.25) is 9.78 Å². The molecule has 0 aliphatic carbocycles. The van der Waals surface area contributed by atoms with Crippen LogP contribution in [0.2, 0.25) is 0 Å². The summed E-state index contributed by atoms with van der Waals surface area (Å²) in [4.78, 5) is 16.1. The Kier molecular flexibility index (Phi) is 5.90. The molecule has 5 heteroatoms. The van der Waals surface area contributed by atoms with Gasteiger partial charge < -0.3 is 10.4 Å². The summed E-state index contributed by atoms with van der Waals surface area (Å²) in [5.74, 6) is 6.37. The average Bonchev–Trinajstić information content (AvgIpc) is 2.52. The lowest BCUT2D eigenvalue weighted by Crippen LogP contribution is -2.32.